The molecule has 0 radical (unpaired) electrons. The summed E-state index contributed by atoms with van der Waals surface area (Å²) in [5, 5.41) is 20.3. The first kappa shape index (κ1) is 10.4. The molecule has 0 heterocycles. The Kier molecular flexibility index (Phi) is 4.84. The molecule has 0 fully saturated rings. The molecule has 64 valence electrons. The van der Waals surface area contributed by atoms with E-state index in [1.54, 1.807) is 0 Å². The second-order valence-corrected chi connectivity index (χ2v) is 2.91. The van der Waals surface area contributed by atoms with Crippen LogP contribution in [-0.4, -0.2) is 23.8 Å². The highest BCUT2D eigenvalue weighted by Gasteiger charge is 2.18. The Hall–Kier alpha value is -0.590. The molecule has 3 heteroatoms. The molecule has 0 aliphatic heterocycles. The maximum absolute atomic E-state index is 8.94. The number of hydrogen-bond donors (Lipinski definition) is 2. The van der Waals surface area contributed by atoms with Crippen LogP contribution >= 0.6 is 0 Å². The van der Waals surface area contributed by atoms with E-state index in [2.05, 4.69) is 5.32 Å². The van der Waals surface area contributed by atoms with Crippen molar-refractivity contribution in [2.45, 2.75) is 32.2 Å². The first-order valence-electron chi connectivity index (χ1n) is 3.91. The van der Waals surface area contributed by atoms with Crippen molar-refractivity contribution in [2.24, 2.45) is 0 Å². The number of hydrogen-bond acceptors (Lipinski definition) is 3. The minimum atomic E-state index is -0.211. The van der Waals surface area contributed by atoms with Crippen LogP contribution in [0.5, 0.6) is 0 Å². The molecule has 11 heavy (non-hydrogen) atoms. The van der Waals surface area contributed by atoms with Crippen LogP contribution in [0.1, 0.15) is 26.7 Å². The molecule has 0 bridgehead atoms. The molecular weight excluding hydrogens is 140 g/mol. The third-order valence-electron chi connectivity index (χ3n) is 1.92. The standard InChI is InChI=1S/C8H16N2O/c1-3-8(2,7-11)10-6-4-5-9/h10-11H,3-4,6-7H2,1-2H3. The Morgan fingerprint density at radius 3 is 2.64 bits per heavy atom. The van der Waals surface area contributed by atoms with Crippen LogP contribution in [0.2, 0.25) is 0 Å². The molecule has 0 aliphatic rings. The van der Waals surface area contributed by atoms with Gasteiger partial charge in [-0.2, -0.15) is 5.26 Å². The Balaban J connectivity index is 3.62. The zero-order valence-electron chi connectivity index (χ0n) is 7.22. The fourth-order valence-corrected chi connectivity index (χ4v) is 0.713. The summed E-state index contributed by atoms with van der Waals surface area (Å²) < 4.78 is 0. The van der Waals surface area contributed by atoms with Crippen molar-refractivity contribution in [1.29, 1.82) is 5.26 Å². The molecule has 0 spiro atoms. The molecule has 2 N–H and O–H groups in total. The van der Waals surface area contributed by atoms with Crippen molar-refractivity contribution in [3.05, 3.63) is 0 Å². The van der Waals surface area contributed by atoms with E-state index < -0.39 is 0 Å². The van der Waals surface area contributed by atoms with Crippen LogP contribution in [0.25, 0.3) is 0 Å². The largest absolute Gasteiger partial charge is 0.394 e. The van der Waals surface area contributed by atoms with Gasteiger partial charge in [0.2, 0.25) is 0 Å². The van der Waals surface area contributed by atoms with E-state index in [1.807, 2.05) is 19.9 Å². The molecule has 0 aliphatic carbocycles. The lowest BCUT2D eigenvalue weighted by molar-refractivity contribution is 0.171. The van der Waals surface area contributed by atoms with Gasteiger partial charge in [-0.1, -0.05) is 6.92 Å². The number of nitrogens with zero attached hydrogens (tertiary/aromatic N) is 1. The number of nitrogens with one attached hydrogen (secondary N) is 1. The average Bonchev–Trinajstić information content (AvgIpc) is 2.05. The minimum Gasteiger partial charge on any atom is -0.394 e. The van der Waals surface area contributed by atoms with E-state index in [0.29, 0.717) is 13.0 Å². The molecule has 1 unspecified atom stereocenters. The lowest BCUT2D eigenvalue weighted by Crippen LogP contribution is -2.45. The molecule has 0 aromatic rings. The van der Waals surface area contributed by atoms with Gasteiger partial charge in [-0.15, -0.1) is 0 Å². The Bertz CT molecular complexity index is 136. The lowest BCUT2D eigenvalue weighted by atomic mass is 10.0. The minimum absolute atomic E-state index is 0.120. The Morgan fingerprint density at radius 2 is 2.27 bits per heavy atom. The van der Waals surface area contributed by atoms with Crippen molar-refractivity contribution >= 4 is 0 Å². The molecule has 0 aromatic carbocycles. The van der Waals surface area contributed by atoms with Gasteiger partial charge >= 0.3 is 0 Å². The van der Waals surface area contributed by atoms with E-state index in [-0.39, 0.29) is 12.1 Å². The molecule has 1 atom stereocenters. The molecule has 0 amide bonds. The van der Waals surface area contributed by atoms with Gasteiger partial charge < -0.3 is 10.4 Å². The van der Waals surface area contributed by atoms with Crippen LogP contribution in [0, 0.1) is 11.3 Å². The van der Waals surface area contributed by atoms with Crippen LogP contribution in [0.15, 0.2) is 0 Å². The number of aliphatic hydroxyl groups is 1. The third-order valence-corrected chi connectivity index (χ3v) is 1.92. The highest BCUT2D eigenvalue weighted by Crippen LogP contribution is 2.06. The van der Waals surface area contributed by atoms with Gasteiger partial charge in [-0.3, -0.25) is 0 Å². The Labute approximate surface area is 68.0 Å². The highest BCUT2D eigenvalue weighted by atomic mass is 16.3. The Morgan fingerprint density at radius 1 is 1.64 bits per heavy atom. The SMILES string of the molecule is CCC(C)(CO)NCCC#N. The molecule has 0 rings (SSSR count). The quantitative estimate of drug-likeness (QED) is 0.575. The van der Waals surface area contributed by atoms with Gasteiger partial charge in [0.15, 0.2) is 0 Å². The van der Waals surface area contributed by atoms with Crippen LogP contribution in [-0.2, 0) is 0 Å². The molecular formula is C8H16N2O. The van der Waals surface area contributed by atoms with Gasteiger partial charge in [0.25, 0.3) is 0 Å². The summed E-state index contributed by atoms with van der Waals surface area (Å²) in [5.74, 6) is 0. The van der Waals surface area contributed by atoms with Crippen molar-refractivity contribution in [2.75, 3.05) is 13.2 Å². The summed E-state index contributed by atoms with van der Waals surface area (Å²) in [6, 6.07) is 2.04. The lowest BCUT2D eigenvalue weighted by Gasteiger charge is -2.26. The highest BCUT2D eigenvalue weighted by molar-refractivity contribution is 4.82. The van der Waals surface area contributed by atoms with E-state index in [0.717, 1.165) is 6.42 Å². The molecule has 0 aromatic heterocycles. The van der Waals surface area contributed by atoms with E-state index in [1.165, 1.54) is 0 Å². The fraction of sp³-hybridized carbons (Fsp3) is 0.875. The third kappa shape index (κ3) is 3.97. The summed E-state index contributed by atoms with van der Waals surface area (Å²) in [6.45, 7) is 4.73. The van der Waals surface area contributed by atoms with E-state index >= 15 is 0 Å². The summed E-state index contributed by atoms with van der Waals surface area (Å²) >= 11 is 0. The van der Waals surface area contributed by atoms with Crippen LogP contribution in [0.3, 0.4) is 0 Å². The zero-order chi connectivity index (χ0) is 8.74. The smallest absolute Gasteiger partial charge is 0.0635 e. The van der Waals surface area contributed by atoms with Crippen molar-refractivity contribution < 1.29 is 5.11 Å². The molecule has 0 saturated carbocycles. The predicted octanol–water partition coefficient (Wildman–Crippen LogP) is 0.651. The fourth-order valence-electron chi connectivity index (χ4n) is 0.713. The van der Waals surface area contributed by atoms with E-state index in [9.17, 15) is 0 Å². The normalized spacial score (nSPS) is 15.5. The van der Waals surface area contributed by atoms with Gasteiger partial charge in [-0.25, -0.2) is 0 Å². The monoisotopic (exact) mass is 156 g/mol. The second kappa shape index (κ2) is 5.11. The van der Waals surface area contributed by atoms with Crippen molar-refractivity contribution in [3.8, 4) is 6.07 Å². The van der Waals surface area contributed by atoms with Crippen LogP contribution in [0.4, 0.5) is 0 Å². The zero-order valence-corrected chi connectivity index (χ0v) is 7.22. The van der Waals surface area contributed by atoms with Crippen molar-refractivity contribution in [3.63, 3.8) is 0 Å². The maximum Gasteiger partial charge on any atom is 0.0635 e. The van der Waals surface area contributed by atoms with Gasteiger partial charge in [0, 0.05) is 18.5 Å². The molecule has 0 saturated heterocycles. The van der Waals surface area contributed by atoms with Gasteiger partial charge in [0.05, 0.1) is 12.7 Å². The second-order valence-electron chi connectivity index (χ2n) is 2.91. The summed E-state index contributed by atoms with van der Waals surface area (Å²) in [7, 11) is 0. The number of rotatable bonds is 5. The summed E-state index contributed by atoms with van der Waals surface area (Å²) in [6.07, 6.45) is 1.37. The van der Waals surface area contributed by atoms with Gasteiger partial charge in [-0.05, 0) is 13.3 Å². The molecule has 3 nitrogen and oxygen atoms in total. The first-order chi connectivity index (χ1) is 5.18. The topological polar surface area (TPSA) is 56.0 Å². The van der Waals surface area contributed by atoms with Gasteiger partial charge in [0.1, 0.15) is 0 Å². The maximum atomic E-state index is 8.94. The number of aliphatic hydroxyl groups excluding tert-OH is 1. The van der Waals surface area contributed by atoms with E-state index in [4.69, 9.17) is 10.4 Å². The average molecular weight is 156 g/mol. The first-order valence-corrected chi connectivity index (χ1v) is 3.91. The van der Waals surface area contributed by atoms with Crippen LogP contribution < -0.4 is 5.32 Å². The predicted molar refractivity (Wildman–Crippen MR) is 44.0 cm³/mol. The summed E-state index contributed by atoms with van der Waals surface area (Å²) in [4.78, 5) is 0. The number of nitriles is 1. The summed E-state index contributed by atoms with van der Waals surface area (Å²) in [5.41, 5.74) is -0.211. The van der Waals surface area contributed by atoms with Crippen molar-refractivity contribution in [1.82, 2.24) is 5.32 Å².